The molecule has 2 unspecified atom stereocenters. The fourth-order valence-corrected chi connectivity index (χ4v) is 2.51. The van der Waals surface area contributed by atoms with Gasteiger partial charge in [0.1, 0.15) is 0 Å². The molecule has 2 atom stereocenters. The minimum Gasteiger partial charge on any atom is -0.353 e. The Labute approximate surface area is 105 Å². The van der Waals surface area contributed by atoms with E-state index in [1.54, 1.807) is 6.07 Å². The average Bonchev–Trinajstić information content (AvgIpc) is 2.51. The van der Waals surface area contributed by atoms with Crippen LogP contribution in [0.15, 0.2) is 18.2 Å². The Balaban J connectivity index is 2.07. The maximum atomic E-state index is 11.3. The van der Waals surface area contributed by atoms with Crippen molar-refractivity contribution in [2.24, 2.45) is 5.92 Å². The van der Waals surface area contributed by atoms with Gasteiger partial charge < -0.3 is 5.32 Å². The van der Waals surface area contributed by atoms with Gasteiger partial charge in [0.15, 0.2) is 0 Å². The van der Waals surface area contributed by atoms with Gasteiger partial charge in [0.25, 0.3) is 0 Å². The maximum absolute atomic E-state index is 11.3. The number of hydrogen-bond donors (Lipinski definition) is 1. The number of benzene rings is 1. The summed E-state index contributed by atoms with van der Waals surface area (Å²) in [6.07, 6.45) is 1.64. The zero-order valence-electron chi connectivity index (χ0n) is 8.97. The van der Waals surface area contributed by atoms with Crippen LogP contribution in [0.4, 0.5) is 0 Å². The molecule has 0 spiro atoms. The highest BCUT2D eigenvalue weighted by Crippen LogP contribution is 2.25. The molecule has 2 nitrogen and oxygen atoms in total. The van der Waals surface area contributed by atoms with Gasteiger partial charge in [-0.15, -0.1) is 0 Å². The van der Waals surface area contributed by atoms with E-state index in [4.69, 9.17) is 23.2 Å². The van der Waals surface area contributed by atoms with Gasteiger partial charge in [-0.3, -0.25) is 4.79 Å². The van der Waals surface area contributed by atoms with E-state index in [-0.39, 0.29) is 17.9 Å². The van der Waals surface area contributed by atoms with Gasteiger partial charge in [-0.25, -0.2) is 0 Å². The predicted octanol–water partition coefficient (Wildman–Crippen LogP) is 3.06. The fourth-order valence-electron chi connectivity index (χ4n) is 2.02. The minimum absolute atomic E-state index is 0.107. The van der Waals surface area contributed by atoms with Crippen molar-refractivity contribution < 1.29 is 4.79 Å². The molecular formula is C12H13Cl2NO. The second-order valence-electron chi connectivity index (χ2n) is 4.28. The summed E-state index contributed by atoms with van der Waals surface area (Å²) in [5.41, 5.74) is 1.03. The van der Waals surface area contributed by atoms with Crippen molar-refractivity contribution in [2.75, 3.05) is 0 Å². The first-order valence-electron chi connectivity index (χ1n) is 5.30. The molecule has 0 radical (unpaired) electrons. The van der Waals surface area contributed by atoms with Gasteiger partial charge in [0.2, 0.25) is 5.91 Å². The van der Waals surface area contributed by atoms with Crippen molar-refractivity contribution in [3.63, 3.8) is 0 Å². The van der Waals surface area contributed by atoms with E-state index in [1.165, 1.54) is 0 Å². The van der Waals surface area contributed by atoms with Gasteiger partial charge >= 0.3 is 0 Å². The van der Waals surface area contributed by atoms with Crippen molar-refractivity contribution in [1.29, 1.82) is 0 Å². The molecule has 0 aromatic heterocycles. The van der Waals surface area contributed by atoms with Gasteiger partial charge in [-0.1, -0.05) is 36.2 Å². The number of rotatable bonds is 2. The summed E-state index contributed by atoms with van der Waals surface area (Å²) in [7, 11) is 0. The highest BCUT2D eigenvalue weighted by molar-refractivity contribution is 6.35. The molecule has 0 saturated carbocycles. The number of hydrogen-bond acceptors (Lipinski definition) is 1. The van der Waals surface area contributed by atoms with Crippen molar-refractivity contribution in [1.82, 2.24) is 5.32 Å². The van der Waals surface area contributed by atoms with E-state index in [0.717, 1.165) is 18.4 Å². The van der Waals surface area contributed by atoms with Crippen molar-refractivity contribution in [2.45, 2.75) is 25.8 Å². The molecule has 1 N–H and O–H groups in total. The molecule has 16 heavy (non-hydrogen) atoms. The molecule has 0 bridgehead atoms. The highest BCUT2D eigenvalue weighted by Gasteiger charge is 2.28. The van der Waals surface area contributed by atoms with Crippen LogP contribution in [0.3, 0.4) is 0 Å². The Hall–Kier alpha value is -0.730. The van der Waals surface area contributed by atoms with Crippen LogP contribution in [0.2, 0.25) is 10.0 Å². The first-order chi connectivity index (χ1) is 7.56. The van der Waals surface area contributed by atoms with E-state index in [1.807, 2.05) is 19.1 Å². The van der Waals surface area contributed by atoms with E-state index in [0.29, 0.717) is 10.0 Å². The van der Waals surface area contributed by atoms with E-state index < -0.39 is 0 Å². The molecular weight excluding hydrogens is 245 g/mol. The Morgan fingerprint density at radius 1 is 1.44 bits per heavy atom. The van der Waals surface area contributed by atoms with Crippen molar-refractivity contribution in [3.05, 3.63) is 33.8 Å². The number of carbonyl (C=O) groups excluding carboxylic acids is 1. The zero-order valence-corrected chi connectivity index (χ0v) is 10.5. The number of nitrogens with one attached hydrogen (secondary N) is 1. The Bertz CT molecular complexity index is 419. The number of amides is 1. The normalized spacial score (nSPS) is 24.6. The van der Waals surface area contributed by atoms with Crippen molar-refractivity contribution in [3.8, 4) is 0 Å². The second-order valence-corrected chi connectivity index (χ2v) is 5.13. The quantitative estimate of drug-likeness (QED) is 0.867. The third kappa shape index (κ3) is 2.50. The van der Waals surface area contributed by atoms with Crippen molar-refractivity contribution >= 4 is 29.1 Å². The molecule has 1 amide bonds. The summed E-state index contributed by atoms with van der Waals surface area (Å²) >= 11 is 11.9. The molecule has 1 fully saturated rings. The molecule has 0 aliphatic carbocycles. The van der Waals surface area contributed by atoms with Crippen LogP contribution in [0.25, 0.3) is 0 Å². The molecule has 1 heterocycles. The monoisotopic (exact) mass is 257 g/mol. The summed E-state index contributed by atoms with van der Waals surface area (Å²) in [4.78, 5) is 11.3. The summed E-state index contributed by atoms with van der Waals surface area (Å²) in [5, 5.41) is 4.27. The first-order valence-corrected chi connectivity index (χ1v) is 6.06. The summed E-state index contributed by atoms with van der Waals surface area (Å²) in [6.45, 7) is 1.94. The van der Waals surface area contributed by atoms with Crippen LogP contribution in [0, 0.1) is 5.92 Å². The van der Waals surface area contributed by atoms with Crippen LogP contribution in [-0.4, -0.2) is 11.9 Å². The van der Waals surface area contributed by atoms with Gasteiger partial charge in [0.05, 0.1) is 0 Å². The lowest BCUT2D eigenvalue weighted by Crippen LogP contribution is -2.27. The molecule has 86 valence electrons. The second kappa shape index (κ2) is 4.64. The third-order valence-electron chi connectivity index (χ3n) is 2.91. The standard InChI is InChI=1S/C12H13Cl2NO/c1-7-4-10(15-12(7)16)5-8-2-3-9(13)6-11(8)14/h2-3,6-7,10H,4-5H2,1H3,(H,15,16). The lowest BCUT2D eigenvalue weighted by Gasteiger charge is -2.11. The fraction of sp³-hybridized carbons (Fsp3) is 0.417. The topological polar surface area (TPSA) is 29.1 Å². The summed E-state index contributed by atoms with van der Waals surface area (Å²) < 4.78 is 0. The van der Waals surface area contributed by atoms with Crippen LogP contribution >= 0.6 is 23.2 Å². The largest absolute Gasteiger partial charge is 0.353 e. The van der Waals surface area contributed by atoms with Crippen LogP contribution < -0.4 is 5.32 Å². The SMILES string of the molecule is CC1CC(Cc2ccc(Cl)cc2Cl)NC1=O. The Morgan fingerprint density at radius 2 is 2.19 bits per heavy atom. The Morgan fingerprint density at radius 3 is 2.75 bits per heavy atom. The number of halogens is 2. The highest BCUT2D eigenvalue weighted by atomic mass is 35.5. The summed E-state index contributed by atoms with van der Waals surface area (Å²) in [6, 6.07) is 5.67. The van der Waals surface area contributed by atoms with E-state index in [9.17, 15) is 4.79 Å². The molecule has 1 aliphatic heterocycles. The van der Waals surface area contributed by atoms with E-state index in [2.05, 4.69) is 5.32 Å². The average molecular weight is 258 g/mol. The maximum Gasteiger partial charge on any atom is 0.223 e. The first kappa shape index (κ1) is 11.7. The smallest absolute Gasteiger partial charge is 0.223 e. The Kier molecular flexibility index (Phi) is 3.41. The van der Waals surface area contributed by atoms with E-state index >= 15 is 0 Å². The zero-order chi connectivity index (χ0) is 11.7. The molecule has 4 heteroatoms. The third-order valence-corrected chi connectivity index (χ3v) is 3.50. The van der Waals surface area contributed by atoms with Gasteiger partial charge in [0, 0.05) is 22.0 Å². The predicted molar refractivity (Wildman–Crippen MR) is 65.9 cm³/mol. The van der Waals surface area contributed by atoms with Gasteiger partial charge in [-0.2, -0.15) is 0 Å². The molecule has 1 aliphatic rings. The van der Waals surface area contributed by atoms with Crippen LogP contribution in [-0.2, 0) is 11.2 Å². The van der Waals surface area contributed by atoms with Crippen LogP contribution in [0.5, 0.6) is 0 Å². The molecule has 1 aromatic rings. The lowest BCUT2D eigenvalue weighted by molar-refractivity contribution is -0.122. The molecule has 1 saturated heterocycles. The summed E-state index contributed by atoms with van der Waals surface area (Å²) in [5.74, 6) is 0.242. The minimum atomic E-state index is 0.107. The number of carbonyl (C=O) groups is 1. The van der Waals surface area contributed by atoms with Gasteiger partial charge in [-0.05, 0) is 30.5 Å². The lowest BCUT2D eigenvalue weighted by atomic mass is 10.0. The van der Waals surface area contributed by atoms with Crippen LogP contribution in [0.1, 0.15) is 18.9 Å². The molecule has 2 rings (SSSR count). The molecule has 1 aromatic carbocycles.